The zero-order valence-electron chi connectivity index (χ0n) is 23.3. The topological polar surface area (TPSA) is 127 Å². The van der Waals surface area contributed by atoms with E-state index < -0.39 is 47.1 Å². The van der Waals surface area contributed by atoms with Gasteiger partial charge in [-0.1, -0.05) is 11.6 Å². The summed E-state index contributed by atoms with van der Waals surface area (Å²) in [4.78, 5) is 43.2. The molecule has 1 aliphatic rings. The number of hydrogen-bond donors (Lipinski definition) is 2. The highest BCUT2D eigenvalue weighted by Crippen LogP contribution is 2.29. The Bertz CT molecular complexity index is 1490. The molecule has 11 nitrogen and oxygen atoms in total. The second-order valence-electron chi connectivity index (χ2n) is 10.2. The molecule has 43 heavy (non-hydrogen) atoms. The molecule has 1 fully saturated rings. The SMILES string of the molecule is CC(C(=O)Nc1ccn(CCC(F)Cn2cc(C(=O)NCc3cc(C(F)(F)F)ccn3)nn2)c(=O)c1F)N1CCCCC1. The van der Waals surface area contributed by atoms with Crippen molar-refractivity contribution in [1.82, 2.24) is 34.8 Å². The molecule has 2 atom stereocenters. The van der Waals surface area contributed by atoms with E-state index in [0.717, 1.165) is 66.1 Å². The Morgan fingerprint density at radius 2 is 1.88 bits per heavy atom. The van der Waals surface area contributed by atoms with Crippen LogP contribution in [0.1, 0.15) is 54.4 Å². The lowest BCUT2D eigenvalue weighted by Crippen LogP contribution is -2.44. The summed E-state index contributed by atoms with van der Waals surface area (Å²) in [7, 11) is 0. The fourth-order valence-corrected chi connectivity index (χ4v) is 4.61. The van der Waals surface area contributed by atoms with E-state index in [1.165, 1.54) is 12.3 Å². The van der Waals surface area contributed by atoms with Crippen LogP contribution < -0.4 is 16.2 Å². The van der Waals surface area contributed by atoms with Crippen LogP contribution in [-0.2, 0) is 30.6 Å². The molecule has 4 rings (SSSR count). The second kappa shape index (κ2) is 13.8. The van der Waals surface area contributed by atoms with Gasteiger partial charge in [0.2, 0.25) is 11.7 Å². The summed E-state index contributed by atoms with van der Waals surface area (Å²) in [6, 6.07) is 2.39. The number of rotatable bonds is 11. The quantitative estimate of drug-likeness (QED) is 0.320. The van der Waals surface area contributed by atoms with Gasteiger partial charge >= 0.3 is 6.18 Å². The lowest BCUT2D eigenvalue weighted by molar-refractivity contribution is -0.137. The van der Waals surface area contributed by atoms with Crippen molar-refractivity contribution in [1.29, 1.82) is 0 Å². The van der Waals surface area contributed by atoms with Gasteiger partial charge in [0.15, 0.2) is 5.69 Å². The van der Waals surface area contributed by atoms with E-state index in [2.05, 4.69) is 25.9 Å². The van der Waals surface area contributed by atoms with Gasteiger partial charge in [-0.3, -0.25) is 24.3 Å². The number of carbonyl (C=O) groups is 2. The summed E-state index contributed by atoms with van der Waals surface area (Å²) in [6.07, 6.45) is 0.181. The molecule has 0 bridgehead atoms. The lowest BCUT2D eigenvalue weighted by atomic mass is 10.1. The minimum Gasteiger partial charge on any atom is -0.345 e. The number of hydrogen-bond acceptors (Lipinski definition) is 7. The molecular weight excluding hydrogens is 579 g/mol. The van der Waals surface area contributed by atoms with Gasteiger partial charge in [-0.05, 0) is 57.5 Å². The Kier molecular flexibility index (Phi) is 10.2. The Morgan fingerprint density at radius 3 is 2.60 bits per heavy atom. The van der Waals surface area contributed by atoms with E-state index in [0.29, 0.717) is 0 Å². The summed E-state index contributed by atoms with van der Waals surface area (Å²) >= 11 is 0. The first-order chi connectivity index (χ1) is 20.4. The first-order valence-corrected chi connectivity index (χ1v) is 13.7. The number of nitrogens with one attached hydrogen (secondary N) is 2. The largest absolute Gasteiger partial charge is 0.416 e. The van der Waals surface area contributed by atoms with Gasteiger partial charge in [-0.25, -0.2) is 9.07 Å². The van der Waals surface area contributed by atoms with Crippen LogP contribution >= 0.6 is 0 Å². The summed E-state index contributed by atoms with van der Waals surface area (Å²) in [5.74, 6) is -2.32. The van der Waals surface area contributed by atoms with Gasteiger partial charge in [0.1, 0.15) is 6.17 Å². The number of alkyl halides is 4. The van der Waals surface area contributed by atoms with Crippen LogP contribution in [0.2, 0.25) is 0 Å². The smallest absolute Gasteiger partial charge is 0.345 e. The molecule has 0 aliphatic carbocycles. The zero-order chi connectivity index (χ0) is 31.1. The molecule has 2 unspecified atom stereocenters. The number of carbonyl (C=O) groups excluding carboxylic acids is 2. The Morgan fingerprint density at radius 1 is 1.14 bits per heavy atom. The Labute approximate surface area is 243 Å². The van der Waals surface area contributed by atoms with Crippen LogP contribution in [0.3, 0.4) is 0 Å². The lowest BCUT2D eigenvalue weighted by Gasteiger charge is -2.31. The zero-order valence-corrected chi connectivity index (χ0v) is 23.3. The van der Waals surface area contributed by atoms with E-state index >= 15 is 0 Å². The predicted molar refractivity (Wildman–Crippen MR) is 144 cm³/mol. The third kappa shape index (κ3) is 8.43. The van der Waals surface area contributed by atoms with Gasteiger partial charge in [0, 0.05) is 18.9 Å². The highest BCUT2D eigenvalue weighted by Gasteiger charge is 2.30. The predicted octanol–water partition coefficient (Wildman–Crippen LogP) is 3.16. The molecule has 0 spiro atoms. The number of piperidine rings is 1. The average molecular weight is 611 g/mol. The highest BCUT2D eigenvalue weighted by atomic mass is 19.4. The molecule has 0 aromatic carbocycles. The third-order valence-electron chi connectivity index (χ3n) is 7.10. The van der Waals surface area contributed by atoms with Gasteiger partial charge < -0.3 is 15.2 Å². The number of likely N-dealkylation sites (tertiary alicyclic amines) is 1. The standard InChI is InChI=1S/C27H31F5N8O3/c1-17(38-9-3-2-4-10-38)24(41)35-21-7-12-39(26(43)23(21)29)11-6-19(28)15-40-16-22(36-37-40)25(42)34-14-20-13-18(5-8-33-20)27(30,31)32/h5,7-8,12-13,16-17,19H,2-4,6,9-11,14-15H2,1H3,(H,34,42)(H,35,41). The minimum absolute atomic E-state index is 0.0199. The summed E-state index contributed by atoms with van der Waals surface area (Å²) in [6.45, 7) is 2.48. The number of nitrogens with zero attached hydrogens (tertiary/aromatic N) is 6. The summed E-state index contributed by atoms with van der Waals surface area (Å²) < 4.78 is 70.0. The first-order valence-electron chi connectivity index (χ1n) is 13.7. The molecule has 4 heterocycles. The van der Waals surface area contributed by atoms with Crippen molar-refractivity contribution in [3.63, 3.8) is 0 Å². The van der Waals surface area contributed by atoms with Crippen LogP contribution in [0, 0.1) is 5.82 Å². The summed E-state index contributed by atoms with van der Waals surface area (Å²) in [5, 5.41) is 12.2. The fourth-order valence-electron chi connectivity index (χ4n) is 4.61. The van der Waals surface area contributed by atoms with Crippen molar-refractivity contribution < 1.29 is 31.5 Å². The normalized spacial score (nSPS) is 15.6. The molecule has 1 aliphatic heterocycles. The Balaban J connectivity index is 1.26. The molecule has 3 aromatic heterocycles. The maximum atomic E-state index is 14.8. The minimum atomic E-state index is -4.55. The molecule has 0 radical (unpaired) electrons. The number of aromatic nitrogens is 5. The van der Waals surface area contributed by atoms with Crippen LogP contribution in [0.25, 0.3) is 0 Å². The first kappa shape index (κ1) is 31.7. The van der Waals surface area contributed by atoms with E-state index in [1.54, 1.807) is 6.92 Å². The molecular formula is C27H31F5N8O3. The van der Waals surface area contributed by atoms with E-state index in [-0.39, 0.29) is 43.1 Å². The van der Waals surface area contributed by atoms with Gasteiger partial charge in [0.25, 0.3) is 11.5 Å². The molecule has 16 heteroatoms. The number of amides is 2. The van der Waals surface area contributed by atoms with Crippen molar-refractivity contribution in [2.75, 3.05) is 18.4 Å². The molecule has 2 amide bonds. The van der Waals surface area contributed by atoms with Gasteiger partial charge in [-0.15, -0.1) is 5.10 Å². The van der Waals surface area contributed by atoms with Crippen LogP contribution in [0.15, 0.2) is 41.6 Å². The van der Waals surface area contributed by atoms with Crippen molar-refractivity contribution in [3.8, 4) is 0 Å². The van der Waals surface area contributed by atoms with Crippen molar-refractivity contribution >= 4 is 17.5 Å². The molecule has 2 N–H and O–H groups in total. The molecule has 3 aromatic rings. The number of pyridine rings is 2. The fraction of sp³-hybridized carbons (Fsp3) is 0.481. The molecule has 232 valence electrons. The Hall–Kier alpha value is -4.21. The summed E-state index contributed by atoms with van der Waals surface area (Å²) in [5.41, 5.74) is -2.37. The van der Waals surface area contributed by atoms with Crippen LogP contribution in [0.4, 0.5) is 27.6 Å². The van der Waals surface area contributed by atoms with E-state index in [4.69, 9.17) is 0 Å². The highest BCUT2D eigenvalue weighted by molar-refractivity contribution is 5.94. The third-order valence-corrected chi connectivity index (χ3v) is 7.10. The van der Waals surface area contributed by atoms with Gasteiger partial charge in [-0.2, -0.15) is 17.6 Å². The van der Waals surface area contributed by atoms with E-state index in [1.807, 2.05) is 4.90 Å². The number of aryl methyl sites for hydroxylation is 1. The maximum Gasteiger partial charge on any atom is 0.416 e. The maximum absolute atomic E-state index is 14.8. The van der Waals surface area contributed by atoms with E-state index in [9.17, 15) is 36.3 Å². The average Bonchev–Trinajstić information content (AvgIpc) is 3.46. The number of halogens is 5. The molecule has 0 saturated carbocycles. The number of anilines is 1. The van der Waals surface area contributed by atoms with Gasteiger partial charge in [0.05, 0.1) is 42.3 Å². The molecule has 1 saturated heterocycles. The monoisotopic (exact) mass is 610 g/mol. The van der Waals surface area contributed by atoms with Crippen molar-refractivity contribution in [2.24, 2.45) is 0 Å². The second-order valence-corrected chi connectivity index (χ2v) is 10.2. The van der Waals surface area contributed by atoms with Crippen molar-refractivity contribution in [2.45, 2.75) is 70.6 Å². The van der Waals surface area contributed by atoms with Crippen molar-refractivity contribution in [3.05, 3.63) is 69.9 Å². The van der Waals surface area contributed by atoms with Crippen LogP contribution in [0.5, 0.6) is 0 Å². The van der Waals surface area contributed by atoms with Crippen LogP contribution in [-0.4, -0.2) is 66.6 Å².